The summed E-state index contributed by atoms with van der Waals surface area (Å²) in [6.45, 7) is 25.6. The van der Waals surface area contributed by atoms with Crippen LogP contribution in [0.4, 0.5) is 5.69 Å². The highest BCUT2D eigenvalue weighted by molar-refractivity contribution is 6.76. The van der Waals surface area contributed by atoms with E-state index in [0.29, 0.717) is 18.7 Å². The first-order valence-electron chi connectivity index (χ1n) is 17.4. The molecule has 2 bridgehead atoms. The SMILES string of the molecule is CC1(C)CC=C(c2nc(C3=CC4(C(C)(C)C)C=CC(C(C)(C)C)(C3)O4)ccc2NC(=O)c2nc(C#N)cn2COCC[Si](C)(C)C)CC1. The van der Waals surface area contributed by atoms with Crippen molar-refractivity contribution >= 4 is 30.8 Å². The number of nitrogens with one attached hydrogen (secondary N) is 1. The molecule has 2 aliphatic heterocycles. The predicted octanol–water partition coefficient (Wildman–Crippen LogP) is 9.25. The van der Waals surface area contributed by atoms with Gasteiger partial charge in [0.05, 0.1) is 22.7 Å². The van der Waals surface area contributed by atoms with Crippen molar-refractivity contribution in [3.05, 3.63) is 65.5 Å². The number of nitriles is 1. The number of amides is 1. The van der Waals surface area contributed by atoms with E-state index in [1.165, 1.54) is 0 Å². The molecule has 1 amide bonds. The second-order valence-electron chi connectivity index (χ2n) is 18.0. The molecule has 0 radical (unpaired) electrons. The summed E-state index contributed by atoms with van der Waals surface area (Å²) in [4.78, 5) is 23.5. The lowest BCUT2D eigenvalue weighted by atomic mass is 9.70. The molecular formula is C39H55N5O3Si. The van der Waals surface area contributed by atoms with E-state index in [4.69, 9.17) is 14.5 Å². The van der Waals surface area contributed by atoms with Gasteiger partial charge in [0.1, 0.15) is 18.4 Å². The van der Waals surface area contributed by atoms with Crippen LogP contribution in [-0.4, -0.2) is 46.3 Å². The van der Waals surface area contributed by atoms with Crippen molar-refractivity contribution in [3.63, 3.8) is 0 Å². The summed E-state index contributed by atoms with van der Waals surface area (Å²) in [6, 6.07) is 7.07. The maximum Gasteiger partial charge on any atom is 0.291 e. The Hall–Kier alpha value is -3.32. The van der Waals surface area contributed by atoms with Gasteiger partial charge < -0.3 is 19.4 Å². The molecule has 1 N–H and O–H groups in total. The third kappa shape index (κ3) is 7.31. The molecule has 1 aliphatic carbocycles. The molecule has 3 aliphatic rings. The Balaban J connectivity index is 1.51. The van der Waals surface area contributed by atoms with Gasteiger partial charge in [-0.3, -0.25) is 4.79 Å². The lowest BCUT2D eigenvalue weighted by Crippen LogP contribution is -2.52. The normalized spacial score (nSPS) is 23.8. The van der Waals surface area contributed by atoms with Crippen molar-refractivity contribution in [2.24, 2.45) is 16.2 Å². The van der Waals surface area contributed by atoms with Crippen LogP contribution in [0.5, 0.6) is 0 Å². The number of fused-ring (bicyclic) bond motifs is 2. The van der Waals surface area contributed by atoms with Crippen LogP contribution in [0.3, 0.4) is 0 Å². The summed E-state index contributed by atoms with van der Waals surface area (Å²) < 4.78 is 14.5. The lowest BCUT2D eigenvalue weighted by Gasteiger charge is -2.50. The van der Waals surface area contributed by atoms with Gasteiger partial charge in [-0.1, -0.05) is 87.2 Å². The number of aromatic nitrogens is 3. The van der Waals surface area contributed by atoms with E-state index in [0.717, 1.165) is 47.8 Å². The Morgan fingerprint density at radius 3 is 2.42 bits per heavy atom. The smallest absolute Gasteiger partial charge is 0.291 e. The van der Waals surface area contributed by atoms with Crippen LogP contribution in [0.2, 0.25) is 25.7 Å². The number of rotatable bonds is 9. The van der Waals surface area contributed by atoms with E-state index < -0.39 is 25.2 Å². The summed E-state index contributed by atoms with van der Waals surface area (Å²) in [5.74, 6) is -0.258. The minimum Gasteiger partial charge on any atom is -0.361 e. The van der Waals surface area contributed by atoms with Crippen molar-refractivity contribution in [2.45, 2.75) is 125 Å². The first-order valence-corrected chi connectivity index (χ1v) is 21.1. The first kappa shape index (κ1) is 36.0. The van der Waals surface area contributed by atoms with E-state index in [9.17, 15) is 10.1 Å². The number of nitrogens with zero attached hydrogens (tertiary/aromatic N) is 4. The molecule has 4 heterocycles. The van der Waals surface area contributed by atoms with Crippen LogP contribution in [0, 0.1) is 27.6 Å². The number of allylic oxidation sites excluding steroid dienone is 2. The summed E-state index contributed by atoms with van der Waals surface area (Å²) in [5.41, 5.74) is 3.67. The molecule has 9 heteroatoms. The highest BCUT2D eigenvalue weighted by atomic mass is 28.3. The fourth-order valence-corrected chi connectivity index (χ4v) is 7.35. The number of hydrogen-bond acceptors (Lipinski definition) is 6. The highest BCUT2D eigenvalue weighted by Gasteiger charge is 2.57. The monoisotopic (exact) mass is 669 g/mol. The van der Waals surface area contributed by atoms with Crippen molar-refractivity contribution in [1.82, 2.24) is 14.5 Å². The van der Waals surface area contributed by atoms with Crippen LogP contribution >= 0.6 is 0 Å². The van der Waals surface area contributed by atoms with Gasteiger partial charge in [0, 0.05) is 27.3 Å². The van der Waals surface area contributed by atoms with Gasteiger partial charge in [-0.05, 0) is 77.0 Å². The molecule has 0 saturated carbocycles. The third-order valence-corrected chi connectivity index (χ3v) is 12.0. The quantitative estimate of drug-likeness (QED) is 0.162. The van der Waals surface area contributed by atoms with Gasteiger partial charge in [-0.2, -0.15) is 5.26 Å². The van der Waals surface area contributed by atoms with Crippen molar-refractivity contribution in [3.8, 4) is 6.07 Å². The van der Waals surface area contributed by atoms with Gasteiger partial charge in [0.25, 0.3) is 5.91 Å². The predicted molar refractivity (Wildman–Crippen MR) is 196 cm³/mol. The lowest BCUT2D eigenvalue weighted by molar-refractivity contribution is -0.158. The highest BCUT2D eigenvalue weighted by Crippen LogP contribution is 2.57. The number of hydrogen-bond donors (Lipinski definition) is 1. The molecule has 0 spiro atoms. The first-order chi connectivity index (χ1) is 22.2. The zero-order valence-electron chi connectivity index (χ0n) is 31.0. The Bertz CT molecular complexity index is 1710. The van der Waals surface area contributed by atoms with E-state index in [2.05, 4.69) is 116 Å². The van der Waals surface area contributed by atoms with E-state index in [1.54, 1.807) is 10.8 Å². The zero-order chi connectivity index (χ0) is 35.3. The second kappa shape index (κ2) is 12.5. The summed E-state index contributed by atoms with van der Waals surface area (Å²) in [5, 5.41) is 12.7. The average Bonchev–Trinajstić information content (AvgIpc) is 3.53. The Labute approximate surface area is 288 Å². The molecular weight excluding hydrogens is 615 g/mol. The van der Waals surface area contributed by atoms with Crippen molar-refractivity contribution < 1.29 is 14.3 Å². The fourth-order valence-electron chi connectivity index (χ4n) is 6.59. The second-order valence-corrected chi connectivity index (χ2v) is 23.6. The van der Waals surface area contributed by atoms with Crippen molar-refractivity contribution in [2.75, 3.05) is 11.9 Å². The summed E-state index contributed by atoms with van der Waals surface area (Å²) >= 11 is 0. The number of carbonyl (C=O) groups is 1. The topological polar surface area (TPSA) is 102 Å². The zero-order valence-corrected chi connectivity index (χ0v) is 32.0. The van der Waals surface area contributed by atoms with E-state index >= 15 is 0 Å². The van der Waals surface area contributed by atoms with Gasteiger partial charge >= 0.3 is 0 Å². The Morgan fingerprint density at radius 1 is 1.08 bits per heavy atom. The molecule has 48 heavy (non-hydrogen) atoms. The summed E-state index contributed by atoms with van der Waals surface area (Å²) in [7, 11) is -1.27. The number of carbonyl (C=O) groups excluding carboxylic acids is 1. The van der Waals surface area contributed by atoms with Gasteiger partial charge in [0.15, 0.2) is 5.69 Å². The van der Waals surface area contributed by atoms with Crippen LogP contribution in [-0.2, 0) is 16.2 Å². The maximum atomic E-state index is 13.8. The molecule has 8 nitrogen and oxygen atoms in total. The molecule has 2 aromatic rings. The Kier molecular flexibility index (Phi) is 9.39. The largest absolute Gasteiger partial charge is 0.361 e. The summed E-state index contributed by atoms with van der Waals surface area (Å²) in [6.07, 6.45) is 14.2. The molecule has 258 valence electrons. The number of anilines is 1. The number of imidazole rings is 1. The molecule has 0 fully saturated rings. The van der Waals surface area contributed by atoms with E-state index in [-0.39, 0.29) is 34.5 Å². The van der Waals surface area contributed by atoms with Gasteiger partial charge in [-0.15, -0.1) is 0 Å². The number of pyridine rings is 1. The molecule has 2 atom stereocenters. The molecule has 2 unspecified atom stereocenters. The minimum atomic E-state index is -1.27. The molecule has 0 saturated heterocycles. The fraction of sp³-hybridized carbons (Fsp3) is 0.590. The molecule has 5 rings (SSSR count). The standard InChI is InChI=1S/C39H55N5O3Si/c1-35(2,3)38-18-19-39(47-38,36(4,5)6)23-28(22-38)30-12-13-31(32(42-30)27-14-16-37(7,8)17-15-27)43-34(45)33-41-29(24-40)25-44(33)26-46-20-21-48(9,10)11/h12-14,18-19,22,25H,15-17,20-21,23,26H2,1-11H3,(H,43,45). The maximum absolute atomic E-state index is 13.8. The van der Waals surface area contributed by atoms with Gasteiger partial charge in [0.2, 0.25) is 5.82 Å². The number of ether oxygens (including phenoxy) is 2. The Morgan fingerprint density at radius 2 is 1.81 bits per heavy atom. The minimum absolute atomic E-state index is 0.132. The van der Waals surface area contributed by atoms with Gasteiger partial charge in [-0.25, -0.2) is 9.97 Å². The molecule has 0 aromatic carbocycles. The van der Waals surface area contributed by atoms with Crippen LogP contribution in [0.25, 0.3) is 11.1 Å². The average molecular weight is 670 g/mol. The van der Waals surface area contributed by atoms with Crippen LogP contribution < -0.4 is 5.32 Å². The van der Waals surface area contributed by atoms with Crippen LogP contribution in [0.15, 0.2) is 42.6 Å². The van der Waals surface area contributed by atoms with E-state index in [1.807, 2.05) is 12.1 Å². The third-order valence-electron chi connectivity index (χ3n) is 10.3. The molecule has 2 aromatic heterocycles. The van der Waals surface area contributed by atoms with Crippen molar-refractivity contribution in [1.29, 1.82) is 5.26 Å². The van der Waals surface area contributed by atoms with Crippen LogP contribution in [0.1, 0.15) is 109 Å².